The Morgan fingerprint density at radius 3 is 2.92 bits per heavy atom. The smallest absolute Gasteiger partial charge is 0.244 e. The molecule has 25 heavy (non-hydrogen) atoms. The minimum Gasteiger partial charge on any atom is -0.454 e. The van der Waals surface area contributed by atoms with Crippen LogP contribution in [0.2, 0.25) is 0 Å². The molecule has 0 radical (unpaired) electrons. The van der Waals surface area contributed by atoms with Crippen molar-refractivity contribution >= 4 is 16.9 Å². The average molecular weight is 338 g/mol. The number of nitrogens with zero attached hydrogens (tertiary/aromatic N) is 4. The van der Waals surface area contributed by atoms with Crippen molar-refractivity contribution in [2.45, 2.75) is 20.0 Å². The summed E-state index contributed by atoms with van der Waals surface area (Å²) in [5, 5.41) is 8.18. The fourth-order valence-corrected chi connectivity index (χ4v) is 2.90. The molecule has 0 saturated carbocycles. The lowest BCUT2D eigenvalue weighted by molar-refractivity contribution is -0.132. The molecule has 1 aliphatic rings. The molecule has 2 aromatic carbocycles. The van der Waals surface area contributed by atoms with Crippen molar-refractivity contribution in [1.82, 2.24) is 19.9 Å². The van der Waals surface area contributed by atoms with Crippen LogP contribution >= 0.6 is 0 Å². The molecule has 0 aliphatic carbocycles. The first-order valence-electron chi connectivity index (χ1n) is 8.19. The highest BCUT2D eigenvalue weighted by Gasteiger charge is 2.18. The van der Waals surface area contributed by atoms with E-state index in [1.165, 1.54) is 0 Å². The second kappa shape index (κ2) is 6.43. The number of aromatic nitrogens is 3. The fourth-order valence-electron chi connectivity index (χ4n) is 2.90. The molecule has 1 aromatic heterocycles. The first-order chi connectivity index (χ1) is 12.2. The Labute approximate surface area is 144 Å². The molecule has 4 rings (SSSR count). The van der Waals surface area contributed by atoms with Gasteiger partial charge in [-0.2, -0.15) is 0 Å². The van der Waals surface area contributed by atoms with Crippen molar-refractivity contribution in [2.24, 2.45) is 0 Å². The van der Waals surface area contributed by atoms with E-state index in [1.54, 1.807) is 9.58 Å². The zero-order valence-electron chi connectivity index (χ0n) is 13.9. The number of carbonyl (C=O) groups is 1. The lowest BCUT2D eigenvalue weighted by atomic mass is 10.2. The Morgan fingerprint density at radius 1 is 1.20 bits per heavy atom. The minimum absolute atomic E-state index is 0.00387. The second-order valence-electron chi connectivity index (χ2n) is 5.83. The molecule has 1 amide bonds. The Morgan fingerprint density at radius 2 is 2.04 bits per heavy atom. The van der Waals surface area contributed by atoms with E-state index in [2.05, 4.69) is 10.3 Å². The first-order valence-corrected chi connectivity index (χ1v) is 8.19. The summed E-state index contributed by atoms with van der Waals surface area (Å²) < 4.78 is 12.4. The number of hydrogen-bond donors (Lipinski definition) is 0. The number of amides is 1. The maximum Gasteiger partial charge on any atom is 0.244 e. The van der Waals surface area contributed by atoms with Crippen molar-refractivity contribution in [2.75, 3.05) is 13.3 Å². The summed E-state index contributed by atoms with van der Waals surface area (Å²) in [5.74, 6) is 1.46. The summed E-state index contributed by atoms with van der Waals surface area (Å²) >= 11 is 0. The molecule has 0 atom stereocenters. The molecule has 2 heterocycles. The molecule has 3 aromatic rings. The summed E-state index contributed by atoms with van der Waals surface area (Å²) in [4.78, 5) is 14.5. The van der Waals surface area contributed by atoms with Gasteiger partial charge in [-0.15, -0.1) is 5.10 Å². The van der Waals surface area contributed by atoms with Crippen molar-refractivity contribution in [3.63, 3.8) is 0 Å². The Kier molecular flexibility index (Phi) is 3.97. The lowest BCUT2D eigenvalue weighted by Crippen LogP contribution is -2.33. The van der Waals surface area contributed by atoms with Gasteiger partial charge in [0.15, 0.2) is 11.5 Å². The van der Waals surface area contributed by atoms with E-state index in [1.807, 2.05) is 49.4 Å². The minimum atomic E-state index is -0.00387. The zero-order valence-corrected chi connectivity index (χ0v) is 13.9. The monoisotopic (exact) mass is 338 g/mol. The van der Waals surface area contributed by atoms with Crippen LogP contribution < -0.4 is 9.47 Å². The first kappa shape index (κ1) is 15.4. The average Bonchev–Trinajstić information content (AvgIpc) is 3.26. The molecule has 7 nitrogen and oxygen atoms in total. The standard InChI is InChI=1S/C18H18N4O3/c1-2-21(10-13-7-8-16-17(9-13)25-12-24-16)18(23)11-22-15-6-4-3-5-14(15)19-20-22/h3-9H,2,10-12H2,1H3. The Bertz CT molecular complexity index is 922. The molecular weight excluding hydrogens is 320 g/mol. The van der Waals surface area contributed by atoms with Gasteiger partial charge >= 0.3 is 0 Å². The quantitative estimate of drug-likeness (QED) is 0.713. The van der Waals surface area contributed by atoms with E-state index in [9.17, 15) is 4.79 Å². The molecular formula is C18H18N4O3. The second-order valence-corrected chi connectivity index (χ2v) is 5.83. The van der Waals surface area contributed by atoms with Crippen LogP contribution in [0.4, 0.5) is 0 Å². The van der Waals surface area contributed by atoms with Crippen LogP contribution in [0.5, 0.6) is 11.5 Å². The third-order valence-corrected chi connectivity index (χ3v) is 4.25. The highest BCUT2D eigenvalue weighted by Crippen LogP contribution is 2.32. The predicted molar refractivity (Wildman–Crippen MR) is 91.2 cm³/mol. The van der Waals surface area contributed by atoms with Gasteiger partial charge < -0.3 is 14.4 Å². The highest BCUT2D eigenvalue weighted by atomic mass is 16.7. The van der Waals surface area contributed by atoms with Crippen molar-refractivity contribution in [3.8, 4) is 11.5 Å². The van der Waals surface area contributed by atoms with Crippen LogP contribution in [0.25, 0.3) is 11.0 Å². The molecule has 0 N–H and O–H groups in total. The summed E-state index contributed by atoms with van der Waals surface area (Å²) in [7, 11) is 0. The molecule has 0 fully saturated rings. The van der Waals surface area contributed by atoms with Crippen molar-refractivity contribution in [3.05, 3.63) is 48.0 Å². The van der Waals surface area contributed by atoms with Crippen LogP contribution in [-0.2, 0) is 17.9 Å². The lowest BCUT2D eigenvalue weighted by Gasteiger charge is -2.21. The van der Waals surface area contributed by atoms with Gasteiger partial charge in [0, 0.05) is 13.1 Å². The maximum absolute atomic E-state index is 12.7. The largest absolute Gasteiger partial charge is 0.454 e. The topological polar surface area (TPSA) is 69.5 Å². The van der Waals surface area contributed by atoms with Crippen molar-refractivity contribution in [1.29, 1.82) is 0 Å². The number of hydrogen-bond acceptors (Lipinski definition) is 5. The van der Waals surface area contributed by atoms with Crippen LogP contribution in [0.3, 0.4) is 0 Å². The number of ether oxygens (including phenoxy) is 2. The molecule has 0 spiro atoms. The maximum atomic E-state index is 12.7. The number of carbonyl (C=O) groups excluding carboxylic acids is 1. The molecule has 0 saturated heterocycles. The van der Waals surface area contributed by atoms with Gasteiger partial charge in [0.2, 0.25) is 12.7 Å². The fraction of sp³-hybridized carbons (Fsp3) is 0.278. The SMILES string of the molecule is CCN(Cc1ccc2c(c1)OCO2)C(=O)Cn1nnc2ccccc21. The number of benzene rings is 2. The molecule has 0 bridgehead atoms. The summed E-state index contributed by atoms with van der Waals surface area (Å²) in [5.41, 5.74) is 2.65. The third-order valence-electron chi connectivity index (χ3n) is 4.25. The highest BCUT2D eigenvalue weighted by molar-refractivity contribution is 5.79. The van der Waals surface area contributed by atoms with E-state index in [-0.39, 0.29) is 19.2 Å². The van der Waals surface area contributed by atoms with Crippen molar-refractivity contribution < 1.29 is 14.3 Å². The van der Waals surface area contributed by atoms with Crippen LogP contribution in [0, 0.1) is 0 Å². The normalized spacial score (nSPS) is 12.5. The van der Waals surface area contributed by atoms with Crippen LogP contribution in [-0.4, -0.2) is 39.1 Å². The Balaban J connectivity index is 1.49. The number of rotatable bonds is 5. The predicted octanol–water partition coefficient (Wildman–Crippen LogP) is 2.21. The Hall–Kier alpha value is -3.09. The molecule has 0 unspecified atom stereocenters. The van der Waals surface area contributed by atoms with Crippen LogP contribution in [0.1, 0.15) is 12.5 Å². The van der Waals surface area contributed by atoms with Gasteiger partial charge in [-0.3, -0.25) is 4.79 Å². The van der Waals surface area contributed by atoms with Gasteiger partial charge in [-0.25, -0.2) is 4.68 Å². The molecule has 1 aliphatic heterocycles. The third kappa shape index (κ3) is 3.00. The van der Waals surface area contributed by atoms with Crippen LogP contribution in [0.15, 0.2) is 42.5 Å². The van der Waals surface area contributed by atoms with E-state index in [4.69, 9.17) is 9.47 Å². The molecule has 7 heteroatoms. The van der Waals surface area contributed by atoms with E-state index in [0.717, 1.165) is 28.1 Å². The number of para-hydroxylation sites is 1. The summed E-state index contributed by atoms with van der Waals surface area (Å²) in [6, 6.07) is 13.4. The van der Waals surface area contributed by atoms with E-state index < -0.39 is 0 Å². The molecule has 128 valence electrons. The van der Waals surface area contributed by atoms with Gasteiger partial charge in [-0.1, -0.05) is 23.4 Å². The number of likely N-dealkylation sites (N-methyl/N-ethyl adjacent to an activating group) is 1. The van der Waals surface area contributed by atoms with Gasteiger partial charge in [0.05, 0.1) is 5.52 Å². The summed E-state index contributed by atoms with van der Waals surface area (Å²) in [6.07, 6.45) is 0. The van der Waals surface area contributed by atoms with Gasteiger partial charge in [-0.05, 0) is 36.8 Å². The van der Waals surface area contributed by atoms with E-state index in [0.29, 0.717) is 13.1 Å². The van der Waals surface area contributed by atoms with E-state index >= 15 is 0 Å². The van der Waals surface area contributed by atoms with Gasteiger partial charge in [0.25, 0.3) is 0 Å². The van der Waals surface area contributed by atoms with Gasteiger partial charge in [0.1, 0.15) is 12.1 Å². The summed E-state index contributed by atoms with van der Waals surface area (Å²) in [6.45, 7) is 3.50. The number of fused-ring (bicyclic) bond motifs is 2. The zero-order chi connectivity index (χ0) is 17.2.